The molecule has 1 aromatic heterocycles. The lowest BCUT2D eigenvalue weighted by Crippen LogP contribution is -2.49. The monoisotopic (exact) mass is 668 g/mol. The molecule has 1 amide bonds. The average molecular weight is 669 g/mol. The molecule has 1 aliphatic rings. The van der Waals surface area contributed by atoms with E-state index in [0.29, 0.717) is 44.2 Å². The van der Waals surface area contributed by atoms with Crippen molar-refractivity contribution < 1.29 is 33.3 Å². The van der Waals surface area contributed by atoms with Gasteiger partial charge in [0.05, 0.1) is 4.88 Å². The number of hydrogen-bond donors (Lipinski definition) is 1. The first-order valence-corrected chi connectivity index (χ1v) is 16.8. The molecule has 0 unspecified atom stereocenters. The highest BCUT2D eigenvalue weighted by atomic mass is 32.1. The number of ether oxygens (including phenoxy) is 3. The van der Waals surface area contributed by atoms with Crippen LogP contribution in [-0.2, 0) is 16.2 Å². The number of carboxylic acid groups (broad SMARTS) is 1. The van der Waals surface area contributed by atoms with Gasteiger partial charge in [-0.2, -0.15) is 0 Å². The summed E-state index contributed by atoms with van der Waals surface area (Å²) in [6, 6.07) is 29.9. The van der Waals surface area contributed by atoms with Crippen molar-refractivity contribution in [3.63, 3.8) is 0 Å². The van der Waals surface area contributed by atoms with E-state index in [1.807, 2.05) is 77.7 Å². The smallest absolute Gasteiger partial charge is 0.303 e. The Morgan fingerprint density at radius 3 is 2.23 bits per heavy atom. The van der Waals surface area contributed by atoms with E-state index in [9.17, 15) is 14.0 Å². The van der Waals surface area contributed by atoms with Crippen molar-refractivity contribution in [1.82, 2.24) is 9.80 Å². The van der Waals surface area contributed by atoms with Crippen LogP contribution >= 0.6 is 11.3 Å². The van der Waals surface area contributed by atoms with Crippen LogP contribution in [0.15, 0.2) is 97.1 Å². The molecule has 2 heterocycles. The number of nitrogens with zero attached hydrogens (tertiary/aromatic N) is 2. The lowest BCUT2D eigenvalue weighted by atomic mass is 10.1. The van der Waals surface area contributed by atoms with E-state index in [1.165, 1.54) is 12.1 Å². The van der Waals surface area contributed by atoms with Gasteiger partial charge in [-0.05, 0) is 72.1 Å². The molecular weight excluding hydrogens is 631 g/mol. The number of carboxylic acids is 1. The lowest BCUT2D eigenvalue weighted by molar-refractivity contribution is -0.137. The summed E-state index contributed by atoms with van der Waals surface area (Å²) in [5, 5.41) is 9.72. The fraction of sp³-hybridized carbons (Fsp3) is 0.263. The van der Waals surface area contributed by atoms with Crippen LogP contribution in [0.25, 0.3) is 20.5 Å². The molecule has 5 aromatic rings. The third-order valence-corrected chi connectivity index (χ3v) is 9.38. The first-order valence-electron chi connectivity index (χ1n) is 16.0. The van der Waals surface area contributed by atoms with Crippen molar-refractivity contribution in [2.75, 3.05) is 39.3 Å². The molecular formula is C38H37FN2O6S. The van der Waals surface area contributed by atoms with Crippen molar-refractivity contribution in [2.45, 2.75) is 25.9 Å². The van der Waals surface area contributed by atoms with E-state index in [0.717, 1.165) is 57.2 Å². The molecule has 10 heteroatoms. The summed E-state index contributed by atoms with van der Waals surface area (Å²) in [6.07, 6.45) is 0.665. The Labute approximate surface area is 282 Å². The fourth-order valence-corrected chi connectivity index (χ4v) is 6.72. The van der Waals surface area contributed by atoms with Crippen molar-refractivity contribution >= 4 is 33.3 Å². The number of thiophene rings is 1. The highest BCUT2D eigenvalue weighted by molar-refractivity contribution is 7.22. The van der Waals surface area contributed by atoms with Gasteiger partial charge < -0.3 is 24.2 Å². The highest BCUT2D eigenvalue weighted by Crippen LogP contribution is 2.47. The number of benzene rings is 4. The highest BCUT2D eigenvalue weighted by Gasteiger charge is 2.21. The molecule has 8 nitrogen and oxygen atoms in total. The Morgan fingerprint density at radius 2 is 1.50 bits per heavy atom. The number of carbonyl (C=O) groups is 2. The van der Waals surface area contributed by atoms with Gasteiger partial charge >= 0.3 is 5.97 Å². The first-order chi connectivity index (χ1) is 23.4. The molecule has 0 spiro atoms. The van der Waals surface area contributed by atoms with Gasteiger partial charge in [-0.25, -0.2) is 4.39 Å². The van der Waals surface area contributed by atoms with Crippen LogP contribution in [-0.4, -0.2) is 66.1 Å². The summed E-state index contributed by atoms with van der Waals surface area (Å²) in [5.74, 6) is 1.69. The molecule has 4 aromatic carbocycles. The zero-order valence-electron chi connectivity index (χ0n) is 26.5. The van der Waals surface area contributed by atoms with E-state index in [2.05, 4.69) is 4.90 Å². The summed E-state index contributed by atoms with van der Waals surface area (Å²) in [4.78, 5) is 28.0. The Kier molecular flexibility index (Phi) is 10.8. The molecule has 0 radical (unpaired) electrons. The van der Waals surface area contributed by atoms with Gasteiger partial charge in [0.25, 0.3) is 0 Å². The number of carbonyl (C=O) groups excluding carboxylic acids is 1. The number of hydrogen-bond acceptors (Lipinski definition) is 7. The molecule has 6 rings (SSSR count). The number of rotatable bonds is 14. The van der Waals surface area contributed by atoms with Gasteiger partial charge in [0, 0.05) is 55.7 Å². The largest absolute Gasteiger partial charge is 0.492 e. The van der Waals surface area contributed by atoms with Crippen molar-refractivity contribution in [1.29, 1.82) is 0 Å². The molecule has 248 valence electrons. The molecule has 0 saturated carbocycles. The maximum absolute atomic E-state index is 13.8. The van der Waals surface area contributed by atoms with E-state index in [4.69, 9.17) is 19.3 Å². The van der Waals surface area contributed by atoms with Crippen LogP contribution in [0.5, 0.6) is 23.0 Å². The third kappa shape index (κ3) is 8.70. The molecule has 0 aliphatic carbocycles. The second kappa shape index (κ2) is 15.8. The van der Waals surface area contributed by atoms with Gasteiger partial charge in [-0.15, -0.1) is 11.3 Å². The van der Waals surface area contributed by atoms with E-state index >= 15 is 0 Å². The minimum Gasteiger partial charge on any atom is -0.492 e. The summed E-state index contributed by atoms with van der Waals surface area (Å²) in [6.45, 7) is 4.49. The minimum absolute atomic E-state index is 0.0184. The first kappa shape index (κ1) is 33.0. The summed E-state index contributed by atoms with van der Waals surface area (Å²) in [7, 11) is 0. The molecule has 48 heavy (non-hydrogen) atoms. The van der Waals surface area contributed by atoms with Crippen molar-refractivity contribution in [3.8, 4) is 33.4 Å². The zero-order chi connectivity index (χ0) is 33.3. The number of amides is 1. The Bertz CT molecular complexity index is 1820. The normalized spacial score (nSPS) is 13.4. The lowest BCUT2D eigenvalue weighted by Gasteiger charge is -2.34. The summed E-state index contributed by atoms with van der Waals surface area (Å²) >= 11 is 1.57. The molecule has 1 saturated heterocycles. The van der Waals surface area contributed by atoms with E-state index < -0.39 is 5.97 Å². The van der Waals surface area contributed by atoms with Crippen LogP contribution in [0, 0.1) is 5.82 Å². The maximum atomic E-state index is 13.8. The number of halogens is 1. The van der Waals surface area contributed by atoms with Gasteiger partial charge in [0.1, 0.15) is 36.3 Å². The fourth-order valence-electron chi connectivity index (χ4n) is 5.56. The third-order valence-electron chi connectivity index (χ3n) is 8.20. The Morgan fingerprint density at radius 1 is 0.792 bits per heavy atom. The summed E-state index contributed by atoms with van der Waals surface area (Å²) < 4.78 is 33.3. The second-order valence-electron chi connectivity index (χ2n) is 11.6. The minimum atomic E-state index is -0.873. The van der Waals surface area contributed by atoms with Gasteiger partial charge in [-0.1, -0.05) is 42.5 Å². The second-order valence-corrected chi connectivity index (χ2v) is 12.6. The Balaban J connectivity index is 1.06. The van der Waals surface area contributed by atoms with Crippen LogP contribution < -0.4 is 14.2 Å². The predicted molar refractivity (Wildman–Crippen MR) is 185 cm³/mol. The SMILES string of the molecule is O=C(O)CCCC(=O)N1CCN(CCOc2ccc(Oc3c(-c4ccc(F)cc4)sc4cc(OCc5ccccc5)ccc34)cc2)CC1. The molecule has 0 atom stereocenters. The van der Waals surface area contributed by atoms with Crippen molar-refractivity contribution in [3.05, 3.63) is 108 Å². The topological polar surface area (TPSA) is 88.5 Å². The van der Waals surface area contributed by atoms with E-state index in [-0.39, 0.29) is 24.6 Å². The molecule has 1 aliphatic heterocycles. The predicted octanol–water partition coefficient (Wildman–Crippen LogP) is 7.86. The number of piperazine rings is 1. The van der Waals surface area contributed by atoms with Crippen molar-refractivity contribution in [2.24, 2.45) is 0 Å². The molecule has 1 N–H and O–H groups in total. The quantitative estimate of drug-likeness (QED) is 0.129. The van der Waals surface area contributed by atoms with Gasteiger partial charge in [-0.3, -0.25) is 14.5 Å². The van der Waals surface area contributed by atoms with E-state index in [1.54, 1.807) is 23.5 Å². The molecule has 0 bridgehead atoms. The zero-order valence-corrected chi connectivity index (χ0v) is 27.3. The number of fused-ring (bicyclic) bond motifs is 1. The van der Waals surface area contributed by atoms with Crippen LogP contribution in [0.1, 0.15) is 24.8 Å². The summed E-state index contributed by atoms with van der Waals surface area (Å²) in [5.41, 5.74) is 1.95. The van der Waals surface area contributed by atoms with Gasteiger partial charge in [0.15, 0.2) is 5.75 Å². The number of aliphatic carboxylic acids is 1. The van der Waals surface area contributed by atoms with Crippen LogP contribution in [0.2, 0.25) is 0 Å². The standard InChI is InChI=1S/C38H37FN2O6S/c39-29-11-9-28(10-12-29)38-37(33-18-17-32(25-34(33)48-38)46-26-27-5-2-1-3-6-27)47-31-15-13-30(14-16-31)45-24-23-40-19-21-41(22-20-40)35(42)7-4-8-36(43)44/h1-3,5-6,9-18,25H,4,7-8,19-24,26H2,(H,43,44). The van der Waals surface area contributed by atoms with Gasteiger partial charge in [0.2, 0.25) is 5.91 Å². The maximum Gasteiger partial charge on any atom is 0.303 e. The molecule has 1 fully saturated rings. The Hall–Kier alpha value is -4.93. The van der Waals surface area contributed by atoms with Crippen LogP contribution in [0.3, 0.4) is 0 Å². The van der Waals surface area contributed by atoms with Crippen LogP contribution in [0.4, 0.5) is 4.39 Å². The average Bonchev–Trinajstić information content (AvgIpc) is 3.46.